The lowest BCUT2D eigenvalue weighted by molar-refractivity contribution is 0.303. The van der Waals surface area contributed by atoms with E-state index in [2.05, 4.69) is 21.2 Å². The predicted octanol–water partition coefficient (Wildman–Crippen LogP) is 4.94. The van der Waals surface area contributed by atoms with Crippen LogP contribution in [0.2, 0.25) is 5.02 Å². The van der Waals surface area contributed by atoms with E-state index in [1.807, 2.05) is 42.5 Å². The van der Waals surface area contributed by atoms with Crippen LogP contribution in [0.1, 0.15) is 11.1 Å². The van der Waals surface area contributed by atoms with Gasteiger partial charge in [0.25, 0.3) is 0 Å². The average molecular weight is 482 g/mol. The lowest BCUT2D eigenvalue weighted by Crippen LogP contribution is -2.12. The number of halogens is 2. The lowest BCUT2D eigenvalue weighted by atomic mass is 10.2. The van der Waals surface area contributed by atoms with Crippen molar-refractivity contribution in [2.75, 3.05) is 5.32 Å². The summed E-state index contributed by atoms with van der Waals surface area (Å²) in [5.74, 6) is 0.756. The van der Waals surface area contributed by atoms with Gasteiger partial charge < -0.3 is 10.1 Å². The molecule has 0 bridgehead atoms. The highest BCUT2D eigenvalue weighted by Crippen LogP contribution is 2.25. The molecule has 0 heterocycles. The van der Waals surface area contributed by atoms with E-state index in [1.54, 1.807) is 12.1 Å². The maximum absolute atomic E-state index is 11.3. The maximum atomic E-state index is 11.3. The fourth-order valence-electron chi connectivity index (χ4n) is 2.53. The normalized spacial score (nSPS) is 11.2. The third-order valence-corrected chi connectivity index (χ3v) is 5.67. The Morgan fingerprint density at radius 3 is 2.32 bits per heavy atom. The van der Waals surface area contributed by atoms with E-state index in [-0.39, 0.29) is 4.90 Å². The molecular weight excluding hydrogens is 464 g/mol. The molecule has 0 aliphatic carbocycles. The van der Waals surface area contributed by atoms with Crippen LogP contribution in [0.15, 0.2) is 76.1 Å². The molecule has 0 radical (unpaired) electrons. The molecule has 3 N–H and O–H groups in total. The molecule has 146 valence electrons. The Morgan fingerprint density at radius 2 is 1.68 bits per heavy atom. The predicted molar refractivity (Wildman–Crippen MR) is 115 cm³/mol. The molecule has 0 spiro atoms. The highest BCUT2D eigenvalue weighted by atomic mass is 79.9. The van der Waals surface area contributed by atoms with E-state index < -0.39 is 10.0 Å². The first kappa shape index (κ1) is 20.7. The second-order valence-corrected chi connectivity index (χ2v) is 9.00. The maximum Gasteiger partial charge on any atom is 0.238 e. The zero-order valence-electron chi connectivity index (χ0n) is 14.7. The Balaban J connectivity index is 1.69. The third-order valence-electron chi connectivity index (χ3n) is 4.00. The number of ether oxygens (including phenoxy) is 1. The molecule has 5 nitrogen and oxygen atoms in total. The molecule has 3 aromatic carbocycles. The van der Waals surface area contributed by atoms with Crippen molar-refractivity contribution < 1.29 is 13.2 Å². The number of rotatable bonds is 7. The second-order valence-electron chi connectivity index (χ2n) is 6.09. The van der Waals surface area contributed by atoms with Gasteiger partial charge in [-0.3, -0.25) is 0 Å². The molecule has 3 rings (SSSR count). The number of anilines is 1. The average Bonchev–Trinajstić information content (AvgIpc) is 2.66. The zero-order chi connectivity index (χ0) is 20.1. The van der Waals surface area contributed by atoms with Crippen molar-refractivity contribution in [1.82, 2.24) is 0 Å². The number of nitrogens with two attached hydrogens (primary N) is 1. The minimum atomic E-state index is -3.70. The summed E-state index contributed by atoms with van der Waals surface area (Å²) in [7, 11) is -3.70. The first-order valence-corrected chi connectivity index (χ1v) is 11.1. The molecule has 0 amide bonds. The lowest BCUT2D eigenvalue weighted by Gasteiger charge is -2.14. The number of hydrogen-bond acceptors (Lipinski definition) is 4. The molecule has 0 aliphatic rings. The van der Waals surface area contributed by atoms with Crippen molar-refractivity contribution in [1.29, 1.82) is 0 Å². The highest BCUT2D eigenvalue weighted by molar-refractivity contribution is 9.10. The molecule has 8 heteroatoms. The minimum absolute atomic E-state index is 0.0764. The first-order valence-electron chi connectivity index (χ1n) is 8.34. The Bertz CT molecular complexity index is 1060. The molecular formula is C20H18BrClN2O3S. The van der Waals surface area contributed by atoms with Gasteiger partial charge >= 0.3 is 0 Å². The summed E-state index contributed by atoms with van der Waals surface area (Å²) in [5.41, 5.74) is 2.75. The fraction of sp³-hybridized carbons (Fsp3) is 0.100. The molecule has 0 aromatic heterocycles. The fourth-order valence-corrected chi connectivity index (χ4v) is 3.58. The van der Waals surface area contributed by atoms with Crippen LogP contribution >= 0.6 is 27.5 Å². The van der Waals surface area contributed by atoms with Gasteiger partial charge in [0.15, 0.2) is 0 Å². The highest BCUT2D eigenvalue weighted by Gasteiger charge is 2.08. The summed E-state index contributed by atoms with van der Waals surface area (Å²) in [5, 5.41) is 9.07. The Labute approximate surface area is 177 Å². The number of benzene rings is 3. The molecule has 0 atom stereocenters. The van der Waals surface area contributed by atoms with Gasteiger partial charge in [0.2, 0.25) is 10.0 Å². The molecule has 0 unspecified atom stereocenters. The van der Waals surface area contributed by atoms with Crippen LogP contribution in [-0.2, 0) is 23.2 Å². The third kappa shape index (κ3) is 5.72. The van der Waals surface area contributed by atoms with Gasteiger partial charge in [-0.05, 0) is 60.2 Å². The second kappa shape index (κ2) is 8.96. The summed E-state index contributed by atoms with van der Waals surface area (Å²) < 4.78 is 29.6. The van der Waals surface area contributed by atoms with Gasteiger partial charge in [-0.15, -0.1) is 0 Å². The van der Waals surface area contributed by atoms with Gasteiger partial charge in [-0.25, -0.2) is 13.6 Å². The van der Waals surface area contributed by atoms with Crippen LogP contribution in [0.3, 0.4) is 0 Å². The van der Waals surface area contributed by atoms with Crippen molar-refractivity contribution in [3.8, 4) is 5.75 Å². The first-order chi connectivity index (χ1) is 13.3. The standard InChI is InChI=1S/C20H18BrClN2O3S/c21-16-3-10-20(27-13-14-1-4-17(22)5-2-14)15(11-16)12-24-18-6-8-19(9-7-18)28(23,25)26/h1-11,24H,12-13H2,(H2,23,25,26). The van der Waals surface area contributed by atoms with E-state index in [1.165, 1.54) is 12.1 Å². The van der Waals surface area contributed by atoms with Crippen molar-refractivity contribution in [3.63, 3.8) is 0 Å². The van der Waals surface area contributed by atoms with Gasteiger partial charge in [0.05, 0.1) is 4.90 Å². The monoisotopic (exact) mass is 480 g/mol. The number of primary sulfonamides is 1. The van der Waals surface area contributed by atoms with Crippen LogP contribution in [0.4, 0.5) is 5.69 Å². The SMILES string of the molecule is NS(=O)(=O)c1ccc(NCc2cc(Br)ccc2OCc2ccc(Cl)cc2)cc1. The summed E-state index contributed by atoms with van der Waals surface area (Å²) in [6.07, 6.45) is 0. The Hall–Kier alpha value is -2.06. The molecule has 3 aromatic rings. The van der Waals surface area contributed by atoms with Crippen molar-refractivity contribution in [3.05, 3.63) is 87.4 Å². The van der Waals surface area contributed by atoms with Gasteiger partial charge in [0, 0.05) is 27.3 Å². The minimum Gasteiger partial charge on any atom is -0.489 e. The number of hydrogen-bond donors (Lipinski definition) is 2. The van der Waals surface area contributed by atoms with E-state index in [4.69, 9.17) is 21.5 Å². The van der Waals surface area contributed by atoms with Crippen LogP contribution in [0, 0.1) is 0 Å². The van der Waals surface area contributed by atoms with Crippen LogP contribution in [-0.4, -0.2) is 8.42 Å². The Kier molecular flexibility index (Phi) is 6.61. The van der Waals surface area contributed by atoms with E-state index >= 15 is 0 Å². The zero-order valence-corrected chi connectivity index (χ0v) is 17.9. The summed E-state index contributed by atoms with van der Waals surface area (Å²) in [4.78, 5) is 0.0764. The van der Waals surface area contributed by atoms with Gasteiger partial charge in [-0.1, -0.05) is 39.7 Å². The summed E-state index contributed by atoms with van der Waals surface area (Å²) >= 11 is 9.39. The summed E-state index contributed by atoms with van der Waals surface area (Å²) in [6.45, 7) is 0.930. The molecule has 0 saturated carbocycles. The summed E-state index contributed by atoms with van der Waals surface area (Å²) in [6, 6.07) is 19.6. The van der Waals surface area contributed by atoms with Gasteiger partial charge in [-0.2, -0.15) is 0 Å². The van der Waals surface area contributed by atoms with Crippen LogP contribution in [0.5, 0.6) is 5.75 Å². The van der Waals surface area contributed by atoms with E-state index in [0.717, 1.165) is 27.0 Å². The van der Waals surface area contributed by atoms with Crippen LogP contribution < -0.4 is 15.2 Å². The molecule has 28 heavy (non-hydrogen) atoms. The van der Waals surface area contributed by atoms with Gasteiger partial charge in [0.1, 0.15) is 12.4 Å². The number of sulfonamides is 1. The van der Waals surface area contributed by atoms with Crippen molar-refractivity contribution >= 4 is 43.2 Å². The smallest absolute Gasteiger partial charge is 0.238 e. The number of nitrogens with one attached hydrogen (secondary N) is 1. The van der Waals surface area contributed by atoms with Crippen LogP contribution in [0.25, 0.3) is 0 Å². The quantitative estimate of drug-likeness (QED) is 0.501. The molecule has 0 aliphatic heterocycles. The topological polar surface area (TPSA) is 81.4 Å². The van der Waals surface area contributed by atoms with E-state index in [0.29, 0.717) is 18.2 Å². The molecule has 0 saturated heterocycles. The van der Waals surface area contributed by atoms with E-state index in [9.17, 15) is 8.42 Å². The largest absolute Gasteiger partial charge is 0.489 e. The van der Waals surface area contributed by atoms with Crippen molar-refractivity contribution in [2.45, 2.75) is 18.0 Å². The molecule has 0 fully saturated rings. The Morgan fingerprint density at radius 1 is 1.00 bits per heavy atom. The van der Waals surface area contributed by atoms with Crippen molar-refractivity contribution in [2.24, 2.45) is 5.14 Å².